The first-order chi connectivity index (χ1) is 18.4. The SMILES string of the molecule is CCN(CC)CCNC(=O)c1c(C)[nH]c(/C=C2\C(=O)Nc3ccc(C)cc32)c1C.O=C(O)CCC(O)C(=O)O. The summed E-state index contributed by atoms with van der Waals surface area (Å²) in [5.41, 5.74) is 6.52. The maximum atomic E-state index is 12.8. The zero-order valence-corrected chi connectivity index (χ0v) is 23.1. The van der Waals surface area contributed by atoms with E-state index in [2.05, 4.69) is 34.4 Å². The summed E-state index contributed by atoms with van der Waals surface area (Å²) >= 11 is 0. The molecule has 11 heteroatoms. The molecule has 0 spiro atoms. The molecule has 212 valence electrons. The molecule has 1 aromatic carbocycles. The summed E-state index contributed by atoms with van der Waals surface area (Å²) in [6.45, 7) is 13.4. The number of benzene rings is 1. The van der Waals surface area contributed by atoms with Gasteiger partial charge in [-0.1, -0.05) is 25.5 Å². The Kier molecular flexibility index (Phi) is 11.4. The fourth-order valence-electron chi connectivity index (χ4n) is 4.19. The van der Waals surface area contributed by atoms with Crippen molar-refractivity contribution in [1.29, 1.82) is 0 Å². The Balaban J connectivity index is 0.000000455. The third-order valence-electron chi connectivity index (χ3n) is 6.47. The number of amides is 2. The number of hydrogen-bond donors (Lipinski definition) is 6. The van der Waals surface area contributed by atoms with Crippen LogP contribution in [-0.4, -0.2) is 81.2 Å². The zero-order chi connectivity index (χ0) is 29.3. The van der Waals surface area contributed by atoms with Crippen LogP contribution in [0.2, 0.25) is 0 Å². The Morgan fingerprint density at radius 2 is 1.77 bits per heavy atom. The van der Waals surface area contributed by atoms with E-state index in [4.69, 9.17) is 15.3 Å². The molecule has 1 atom stereocenters. The summed E-state index contributed by atoms with van der Waals surface area (Å²) in [7, 11) is 0. The number of nitrogens with zero attached hydrogens (tertiary/aromatic N) is 1. The van der Waals surface area contributed by atoms with Gasteiger partial charge in [0.1, 0.15) is 0 Å². The second-order valence-corrected chi connectivity index (χ2v) is 9.29. The van der Waals surface area contributed by atoms with Gasteiger partial charge in [0.25, 0.3) is 11.8 Å². The summed E-state index contributed by atoms with van der Waals surface area (Å²) in [6.07, 6.45) is -0.288. The molecule has 1 aliphatic heterocycles. The highest BCUT2D eigenvalue weighted by Crippen LogP contribution is 2.34. The number of fused-ring (bicyclic) bond motifs is 1. The molecular formula is C28H38N4O7. The maximum Gasteiger partial charge on any atom is 0.332 e. The fraction of sp³-hybridized carbons (Fsp3) is 0.429. The van der Waals surface area contributed by atoms with Gasteiger partial charge in [-0.25, -0.2) is 4.79 Å². The lowest BCUT2D eigenvalue weighted by molar-refractivity contribution is -0.147. The molecule has 11 nitrogen and oxygen atoms in total. The predicted octanol–water partition coefficient (Wildman–Crippen LogP) is 2.80. The predicted molar refractivity (Wildman–Crippen MR) is 149 cm³/mol. The van der Waals surface area contributed by atoms with Crippen molar-refractivity contribution in [1.82, 2.24) is 15.2 Å². The third kappa shape index (κ3) is 8.52. The first kappa shape index (κ1) is 31.3. The number of H-pyrrole nitrogens is 1. The van der Waals surface area contributed by atoms with Gasteiger partial charge in [0.05, 0.1) is 11.1 Å². The average molecular weight is 543 g/mol. The van der Waals surface area contributed by atoms with Crippen LogP contribution in [0, 0.1) is 20.8 Å². The van der Waals surface area contributed by atoms with Crippen LogP contribution >= 0.6 is 0 Å². The zero-order valence-electron chi connectivity index (χ0n) is 23.1. The monoisotopic (exact) mass is 542 g/mol. The highest BCUT2D eigenvalue weighted by atomic mass is 16.4. The molecule has 1 unspecified atom stereocenters. The van der Waals surface area contributed by atoms with Crippen molar-refractivity contribution in [3.63, 3.8) is 0 Å². The lowest BCUT2D eigenvalue weighted by atomic mass is 10.0. The van der Waals surface area contributed by atoms with E-state index in [-0.39, 0.29) is 24.7 Å². The molecule has 0 aliphatic carbocycles. The smallest absolute Gasteiger partial charge is 0.332 e. The number of aliphatic hydroxyl groups is 1. The number of aliphatic hydroxyl groups excluding tert-OH is 1. The first-order valence-corrected chi connectivity index (χ1v) is 12.9. The number of nitrogens with one attached hydrogen (secondary N) is 3. The van der Waals surface area contributed by atoms with Crippen LogP contribution in [0.15, 0.2) is 18.2 Å². The number of aliphatic carboxylic acids is 2. The molecule has 39 heavy (non-hydrogen) atoms. The number of carbonyl (C=O) groups is 4. The van der Waals surface area contributed by atoms with Crippen molar-refractivity contribution >= 4 is 41.1 Å². The number of carboxylic acid groups (broad SMARTS) is 2. The number of likely N-dealkylation sites (N-methyl/N-ethyl adjacent to an activating group) is 1. The van der Waals surface area contributed by atoms with Gasteiger partial charge in [0.2, 0.25) is 0 Å². The molecule has 0 radical (unpaired) electrons. The van der Waals surface area contributed by atoms with Crippen molar-refractivity contribution in [3.05, 3.63) is 51.8 Å². The van der Waals surface area contributed by atoms with Crippen LogP contribution in [0.25, 0.3) is 11.6 Å². The minimum absolute atomic E-state index is 0.0832. The number of aromatic nitrogens is 1. The van der Waals surface area contributed by atoms with Crippen molar-refractivity contribution in [2.75, 3.05) is 31.5 Å². The van der Waals surface area contributed by atoms with E-state index in [1.54, 1.807) is 0 Å². The van der Waals surface area contributed by atoms with Crippen LogP contribution in [0.1, 0.15) is 65.1 Å². The highest BCUT2D eigenvalue weighted by molar-refractivity contribution is 6.35. The van der Waals surface area contributed by atoms with Crippen LogP contribution in [0.5, 0.6) is 0 Å². The van der Waals surface area contributed by atoms with Gasteiger partial charge < -0.3 is 35.8 Å². The lowest BCUT2D eigenvalue weighted by Gasteiger charge is -2.18. The van der Waals surface area contributed by atoms with E-state index in [9.17, 15) is 19.2 Å². The van der Waals surface area contributed by atoms with Gasteiger partial charge in [-0.05, 0) is 64.1 Å². The molecule has 2 amide bonds. The normalized spacial score (nSPS) is 13.9. The van der Waals surface area contributed by atoms with E-state index in [0.717, 1.165) is 53.4 Å². The number of carboxylic acids is 2. The summed E-state index contributed by atoms with van der Waals surface area (Å²) in [5.74, 6) is -2.70. The molecule has 0 saturated heterocycles. The van der Waals surface area contributed by atoms with Crippen molar-refractivity contribution in [2.45, 2.75) is 53.6 Å². The van der Waals surface area contributed by atoms with Crippen molar-refractivity contribution < 1.29 is 34.5 Å². The van der Waals surface area contributed by atoms with Gasteiger partial charge in [-0.15, -0.1) is 0 Å². The molecule has 0 bridgehead atoms. The summed E-state index contributed by atoms with van der Waals surface area (Å²) < 4.78 is 0. The fourth-order valence-corrected chi connectivity index (χ4v) is 4.19. The number of aromatic amines is 1. The van der Waals surface area contributed by atoms with Gasteiger partial charge in [0, 0.05) is 42.1 Å². The molecule has 3 rings (SSSR count). The van der Waals surface area contributed by atoms with Gasteiger partial charge in [0.15, 0.2) is 6.10 Å². The number of hydrogen-bond acceptors (Lipinski definition) is 6. The van der Waals surface area contributed by atoms with E-state index in [1.807, 2.05) is 45.0 Å². The lowest BCUT2D eigenvalue weighted by Crippen LogP contribution is -2.35. The molecule has 2 aromatic rings. The number of aryl methyl sites for hydroxylation is 2. The Bertz CT molecular complexity index is 1240. The first-order valence-electron chi connectivity index (χ1n) is 12.9. The van der Waals surface area contributed by atoms with Crippen LogP contribution in [0.4, 0.5) is 5.69 Å². The molecule has 2 heterocycles. The highest BCUT2D eigenvalue weighted by Gasteiger charge is 2.25. The molecule has 0 saturated carbocycles. The summed E-state index contributed by atoms with van der Waals surface area (Å²) in [5, 5.41) is 30.5. The number of rotatable bonds is 11. The second-order valence-electron chi connectivity index (χ2n) is 9.29. The minimum atomic E-state index is -1.56. The second kappa shape index (κ2) is 14.3. The Labute approximate surface area is 227 Å². The van der Waals surface area contributed by atoms with Crippen molar-refractivity contribution in [3.8, 4) is 0 Å². The van der Waals surface area contributed by atoms with Gasteiger partial charge in [-0.3, -0.25) is 14.4 Å². The standard InChI is InChI=1S/C23H30N4O2.C5H8O5/c1-6-27(7-2)11-10-24-23(29)21-15(4)20(25-16(21)5)13-18-17-12-14(3)8-9-19(17)26-22(18)28;6-3(5(9)10)1-2-4(7)8/h8-9,12-13,25H,6-7,10-11H2,1-5H3,(H,24,29)(H,26,28);3,6H,1-2H2,(H,7,8)(H,9,10)/b18-13-;. The average Bonchev–Trinajstić information content (AvgIpc) is 3.34. The van der Waals surface area contributed by atoms with Crippen LogP contribution in [0.3, 0.4) is 0 Å². The molecule has 6 N–H and O–H groups in total. The molecule has 1 aromatic heterocycles. The molecule has 0 fully saturated rings. The van der Waals surface area contributed by atoms with Crippen LogP contribution in [-0.2, 0) is 14.4 Å². The Morgan fingerprint density at radius 1 is 1.10 bits per heavy atom. The van der Waals surface area contributed by atoms with Gasteiger partial charge in [-0.2, -0.15) is 0 Å². The Hall–Kier alpha value is -3.96. The summed E-state index contributed by atoms with van der Waals surface area (Å²) in [6, 6.07) is 5.91. The van der Waals surface area contributed by atoms with Crippen molar-refractivity contribution in [2.24, 2.45) is 0 Å². The maximum absolute atomic E-state index is 12.8. The quantitative estimate of drug-likeness (QED) is 0.235. The largest absolute Gasteiger partial charge is 0.481 e. The van der Waals surface area contributed by atoms with E-state index in [0.29, 0.717) is 17.7 Å². The Morgan fingerprint density at radius 3 is 2.36 bits per heavy atom. The summed E-state index contributed by atoms with van der Waals surface area (Å²) in [4.78, 5) is 50.5. The van der Waals surface area contributed by atoms with Crippen LogP contribution < -0.4 is 10.6 Å². The topological polar surface area (TPSA) is 172 Å². The van der Waals surface area contributed by atoms with E-state index in [1.165, 1.54) is 0 Å². The molecule has 1 aliphatic rings. The minimum Gasteiger partial charge on any atom is -0.481 e. The third-order valence-corrected chi connectivity index (χ3v) is 6.47. The van der Waals surface area contributed by atoms with E-state index >= 15 is 0 Å². The van der Waals surface area contributed by atoms with E-state index < -0.39 is 18.0 Å². The number of carbonyl (C=O) groups excluding carboxylic acids is 2. The number of anilines is 1. The van der Waals surface area contributed by atoms with Gasteiger partial charge >= 0.3 is 11.9 Å². The molecular weight excluding hydrogens is 504 g/mol.